The summed E-state index contributed by atoms with van der Waals surface area (Å²) in [4.78, 5) is 21.2. The molecule has 0 radical (unpaired) electrons. The van der Waals surface area contributed by atoms with Gasteiger partial charge in [0, 0.05) is 25.2 Å². The van der Waals surface area contributed by atoms with E-state index in [1.54, 1.807) is 18.1 Å². The van der Waals surface area contributed by atoms with Crippen molar-refractivity contribution in [3.63, 3.8) is 0 Å². The molecule has 1 aliphatic heterocycles. The summed E-state index contributed by atoms with van der Waals surface area (Å²) >= 11 is 0. The van der Waals surface area contributed by atoms with E-state index in [0.29, 0.717) is 11.8 Å². The topological polar surface area (TPSA) is 63.5 Å². The standard InChI is InChI=1S/C22H33N5O2/c1-18(2)12-26(22(28)15-27-17-23-16-24-27)13-19-8-10-25(11-9-19)14-20-6-4-5-7-21(20)29-3/h4-7,16-19H,8-15H2,1-3H3. The number of para-hydroxylation sites is 1. The number of nitrogens with zero attached hydrogens (tertiary/aromatic N) is 5. The number of aromatic nitrogens is 3. The van der Waals surface area contributed by atoms with E-state index >= 15 is 0 Å². The van der Waals surface area contributed by atoms with Gasteiger partial charge in [-0.2, -0.15) is 5.10 Å². The Hall–Kier alpha value is -2.41. The molecule has 1 aromatic carbocycles. The molecule has 7 heteroatoms. The van der Waals surface area contributed by atoms with Crippen molar-refractivity contribution < 1.29 is 9.53 Å². The van der Waals surface area contributed by atoms with E-state index in [4.69, 9.17) is 4.74 Å². The number of amides is 1. The minimum absolute atomic E-state index is 0.126. The normalized spacial score (nSPS) is 15.6. The Labute approximate surface area is 173 Å². The Balaban J connectivity index is 1.52. The number of methoxy groups -OCH3 is 1. The van der Waals surface area contributed by atoms with Gasteiger partial charge in [0.25, 0.3) is 0 Å². The van der Waals surface area contributed by atoms with Crippen LogP contribution < -0.4 is 4.74 Å². The van der Waals surface area contributed by atoms with Gasteiger partial charge in [-0.1, -0.05) is 32.0 Å². The highest BCUT2D eigenvalue weighted by molar-refractivity contribution is 5.75. The first-order chi connectivity index (χ1) is 14.0. The fraction of sp³-hybridized carbons (Fsp3) is 0.591. The van der Waals surface area contributed by atoms with Crippen LogP contribution >= 0.6 is 0 Å². The Morgan fingerprint density at radius 3 is 2.69 bits per heavy atom. The molecule has 29 heavy (non-hydrogen) atoms. The molecular weight excluding hydrogens is 366 g/mol. The molecule has 3 rings (SSSR count). The summed E-state index contributed by atoms with van der Waals surface area (Å²) in [6.45, 7) is 9.21. The molecule has 1 amide bonds. The van der Waals surface area contributed by atoms with Crippen LogP contribution in [-0.2, 0) is 17.9 Å². The van der Waals surface area contributed by atoms with Gasteiger partial charge in [0.1, 0.15) is 24.9 Å². The van der Waals surface area contributed by atoms with Crippen molar-refractivity contribution in [3.05, 3.63) is 42.5 Å². The number of piperidine rings is 1. The van der Waals surface area contributed by atoms with E-state index in [-0.39, 0.29) is 12.5 Å². The number of hydrogen-bond donors (Lipinski definition) is 0. The van der Waals surface area contributed by atoms with Gasteiger partial charge in [-0.3, -0.25) is 9.69 Å². The zero-order valence-electron chi connectivity index (χ0n) is 17.8. The molecule has 1 aliphatic rings. The van der Waals surface area contributed by atoms with E-state index < -0.39 is 0 Å². The predicted octanol–water partition coefficient (Wildman–Crippen LogP) is 2.68. The second-order valence-electron chi connectivity index (χ2n) is 8.32. The summed E-state index contributed by atoms with van der Waals surface area (Å²) in [5, 5.41) is 4.07. The van der Waals surface area contributed by atoms with Gasteiger partial charge >= 0.3 is 0 Å². The molecule has 1 saturated heterocycles. The fourth-order valence-electron chi connectivity index (χ4n) is 3.99. The number of ether oxygens (including phenoxy) is 1. The molecule has 7 nitrogen and oxygen atoms in total. The van der Waals surface area contributed by atoms with Gasteiger partial charge in [0.15, 0.2) is 0 Å². The van der Waals surface area contributed by atoms with Crippen LogP contribution in [0.25, 0.3) is 0 Å². The lowest BCUT2D eigenvalue weighted by Crippen LogP contribution is -2.43. The minimum atomic E-state index is 0.126. The first kappa shape index (κ1) is 21.3. The maximum Gasteiger partial charge on any atom is 0.244 e. The lowest BCUT2D eigenvalue weighted by molar-refractivity contribution is -0.133. The third-order valence-corrected chi connectivity index (χ3v) is 5.47. The average molecular weight is 400 g/mol. The molecule has 158 valence electrons. The van der Waals surface area contributed by atoms with Crippen molar-refractivity contribution in [3.8, 4) is 5.75 Å². The third-order valence-electron chi connectivity index (χ3n) is 5.47. The Kier molecular flexibility index (Phi) is 7.63. The van der Waals surface area contributed by atoms with E-state index in [0.717, 1.165) is 51.3 Å². The fourth-order valence-corrected chi connectivity index (χ4v) is 3.99. The summed E-state index contributed by atoms with van der Waals surface area (Å²) < 4.78 is 7.09. The van der Waals surface area contributed by atoms with Crippen LogP contribution in [-0.4, -0.2) is 63.8 Å². The molecule has 0 N–H and O–H groups in total. The van der Waals surface area contributed by atoms with Gasteiger partial charge in [-0.05, 0) is 43.8 Å². The summed E-state index contributed by atoms with van der Waals surface area (Å²) in [5.74, 6) is 2.07. The average Bonchev–Trinajstić information content (AvgIpc) is 3.22. The monoisotopic (exact) mass is 399 g/mol. The van der Waals surface area contributed by atoms with E-state index in [1.807, 2.05) is 17.0 Å². The molecule has 2 aromatic rings. The molecule has 0 saturated carbocycles. The first-order valence-corrected chi connectivity index (χ1v) is 10.5. The number of carbonyl (C=O) groups excluding carboxylic acids is 1. The highest BCUT2D eigenvalue weighted by Crippen LogP contribution is 2.24. The van der Waals surface area contributed by atoms with E-state index in [9.17, 15) is 4.79 Å². The van der Waals surface area contributed by atoms with Gasteiger partial charge in [0.2, 0.25) is 5.91 Å². The smallest absolute Gasteiger partial charge is 0.244 e. The second-order valence-corrected chi connectivity index (χ2v) is 8.32. The number of hydrogen-bond acceptors (Lipinski definition) is 5. The lowest BCUT2D eigenvalue weighted by atomic mass is 9.95. The van der Waals surface area contributed by atoms with Crippen LogP contribution in [0.4, 0.5) is 0 Å². The van der Waals surface area contributed by atoms with Crippen LogP contribution in [0, 0.1) is 11.8 Å². The van der Waals surface area contributed by atoms with Crippen molar-refractivity contribution in [2.24, 2.45) is 11.8 Å². The molecule has 0 atom stereocenters. The third kappa shape index (κ3) is 6.29. The van der Waals surface area contributed by atoms with Crippen LogP contribution in [0.2, 0.25) is 0 Å². The number of rotatable bonds is 9. The maximum absolute atomic E-state index is 12.8. The molecule has 0 aliphatic carbocycles. The molecular formula is C22H33N5O2. The van der Waals surface area contributed by atoms with Crippen LogP contribution in [0.5, 0.6) is 5.75 Å². The maximum atomic E-state index is 12.8. The minimum Gasteiger partial charge on any atom is -0.496 e. The van der Waals surface area contributed by atoms with Crippen LogP contribution in [0.3, 0.4) is 0 Å². The van der Waals surface area contributed by atoms with Crippen molar-refractivity contribution in [1.82, 2.24) is 24.6 Å². The second kappa shape index (κ2) is 10.4. The molecule has 0 bridgehead atoms. The van der Waals surface area contributed by atoms with E-state index in [2.05, 4.69) is 41.0 Å². The highest BCUT2D eigenvalue weighted by Gasteiger charge is 2.25. The SMILES string of the molecule is COc1ccccc1CN1CCC(CN(CC(C)C)C(=O)Cn2cncn2)CC1. The number of likely N-dealkylation sites (tertiary alicyclic amines) is 1. The van der Waals surface area contributed by atoms with E-state index in [1.165, 1.54) is 11.9 Å². The number of benzene rings is 1. The summed E-state index contributed by atoms with van der Waals surface area (Å²) in [6, 6.07) is 8.23. The largest absolute Gasteiger partial charge is 0.496 e. The molecule has 1 fully saturated rings. The quantitative estimate of drug-likeness (QED) is 0.649. The van der Waals surface area contributed by atoms with Gasteiger partial charge < -0.3 is 9.64 Å². The van der Waals surface area contributed by atoms with Crippen LogP contribution in [0.15, 0.2) is 36.9 Å². The van der Waals surface area contributed by atoms with Gasteiger partial charge in [-0.15, -0.1) is 0 Å². The summed E-state index contributed by atoms with van der Waals surface area (Å²) in [5.41, 5.74) is 1.23. The zero-order chi connectivity index (χ0) is 20.6. The Morgan fingerprint density at radius 2 is 2.03 bits per heavy atom. The summed E-state index contributed by atoms with van der Waals surface area (Å²) in [6.07, 6.45) is 5.29. The molecule has 2 heterocycles. The Morgan fingerprint density at radius 1 is 1.28 bits per heavy atom. The number of carbonyl (C=O) groups is 1. The predicted molar refractivity (Wildman–Crippen MR) is 112 cm³/mol. The lowest BCUT2D eigenvalue weighted by Gasteiger charge is -2.35. The molecule has 1 aromatic heterocycles. The van der Waals surface area contributed by atoms with Crippen molar-refractivity contribution in [2.75, 3.05) is 33.3 Å². The zero-order valence-corrected chi connectivity index (χ0v) is 17.8. The van der Waals surface area contributed by atoms with Crippen molar-refractivity contribution >= 4 is 5.91 Å². The van der Waals surface area contributed by atoms with Gasteiger partial charge in [0.05, 0.1) is 7.11 Å². The highest BCUT2D eigenvalue weighted by atomic mass is 16.5. The first-order valence-electron chi connectivity index (χ1n) is 10.5. The van der Waals surface area contributed by atoms with Crippen molar-refractivity contribution in [2.45, 2.75) is 39.8 Å². The van der Waals surface area contributed by atoms with Crippen molar-refractivity contribution in [1.29, 1.82) is 0 Å². The van der Waals surface area contributed by atoms with Gasteiger partial charge in [-0.25, -0.2) is 9.67 Å². The summed E-state index contributed by atoms with van der Waals surface area (Å²) in [7, 11) is 1.73. The van der Waals surface area contributed by atoms with Crippen LogP contribution in [0.1, 0.15) is 32.3 Å². The molecule has 0 spiro atoms. The Bertz CT molecular complexity index is 754. The molecule has 0 unspecified atom stereocenters.